The Labute approximate surface area is 134 Å². The van der Waals surface area contributed by atoms with Crippen LogP contribution >= 0.6 is 0 Å². The third-order valence-electron chi connectivity index (χ3n) is 2.89. The summed E-state index contributed by atoms with van der Waals surface area (Å²) in [6, 6.07) is 2.80. The van der Waals surface area contributed by atoms with Crippen molar-refractivity contribution < 1.29 is 19.4 Å². The number of carbonyl (C=O) groups excluding carboxylic acids is 1. The van der Waals surface area contributed by atoms with Crippen LogP contribution in [0.15, 0.2) is 17.2 Å². The topological polar surface area (TPSA) is 124 Å². The van der Waals surface area contributed by atoms with Crippen molar-refractivity contribution in [2.24, 2.45) is 5.11 Å². The van der Waals surface area contributed by atoms with Crippen molar-refractivity contribution >= 4 is 17.6 Å². The van der Waals surface area contributed by atoms with Gasteiger partial charge in [0.25, 0.3) is 0 Å². The number of hydrogen-bond acceptors (Lipinski definition) is 5. The summed E-state index contributed by atoms with van der Waals surface area (Å²) in [4.78, 5) is 25.5. The number of benzene rings is 1. The first-order valence-corrected chi connectivity index (χ1v) is 6.98. The molecule has 0 fully saturated rings. The number of nitrogens with zero attached hydrogens (tertiary/aromatic N) is 3. The molecule has 0 aromatic heterocycles. The summed E-state index contributed by atoms with van der Waals surface area (Å²) in [5.41, 5.74) is 9.56. The molecule has 1 aromatic rings. The van der Waals surface area contributed by atoms with E-state index < -0.39 is 17.5 Å². The average molecular weight is 320 g/mol. The van der Waals surface area contributed by atoms with Crippen molar-refractivity contribution in [3.05, 3.63) is 39.3 Å². The van der Waals surface area contributed by atoms with Gasteiger partial charge in [0.15, 0.2) is 0 Å². The number of carbonyl (C=O) groups is 2. The molecule has 8 heteroatoms. The molecule has 0 bridgehead atoms. The Morgan fingerprint density at radius 3 is 2.57 bits per heavy atom. The van der Waals surface area contributed by atoms with Gasteiger partial charge in [-0.25, -0.2) is 4.79 Å². The molecule has 124 valence electrons. The van der Waals surface area contributed by atoms with Crippen LogP contribution in [0.4, 0.5) is 5.69 Å². The minimum absolute atomic E-state index is 0.00907. The Balaban J connectivity index is 2.85. The van der Waals surface area contributed by atoms with Crippen molar-refractivity contribution in [2.45, 2.75) is 39.8 Å². The molecule has 0 unspecified atom stereocenters. The first-order valence-electron chi connectivity index (χ1n) is 6.98. The van der Waals surface area contributed by atoms with Gasteiger partial charge in [-0.3, -0.25) is 4.79 Å². The van der Waals surface area contributed by atoms with Crippen molar-refractivity contribution in [3.63, 3.8) is 0 Å². The largest absolute Gasteiger partial charge is 0.478 e. The van der Waals surface area contributed by atoms with Gasteiger partial charge in [0.1, 0.15) is 5.60 Å². The SMILES string of the molecule is Cc1c(CNCC(=O)OC(C)(C)C)cc(C(=O)O)cc1N=[N+]=[N-]. The van der Waals surface area contributed by atoms with Crippen molar-refractivity contribution in [3.8, 4) is 0 Å². The third kappa shape index (κ3) is 5.98. The van der Waals surface area contributed by atoms with E-state index in [1.165, 1.54) is 12.1 Å². The standard InChI is InChI=1S/C15H20N4O4/c1-9-11(7-17-8-13(20)23-15(2,3)4)5-10(14(21)22)6-12(9)18-19-16/h5-6,17H,7-8H2,1-4H3,(H,21,22). The van der Waals surface area contributed by atoms with Crippen LogP contribution < -0.4 is 5.32 Å². The lowest BCUT2D eigenvalue weighted by atomic mass is 10.0. The lowest BCUT2D eigenvalue weighted by Gasteiger charge is -2.19. The fraction of sp³-hybridized carbons (Fsp3) is 0.467. The highest BCUT2D eigenvalue weighted by molar-refractivity contribution is 5.89. The molecule has 8 nitrogen and oxygen atoms in total. The Bertz CT molecular complexity index is 658. The predicted molar refractivity (Wildman–Crippen MR) is 84.5 cm³/mol. The number of carboxylic acids is 1. The molecule has 0 atom stereocenters. The quantitative estimate of drug-likeness (QED) is 0.360. The summed E-state index contributed by atoms with van der Waals surface area (Å²) in [5, 5.41) is 15.5. The average Bonchev–Trinajstić information content (AvgIpc) is 2.40. The molecule has 23 heavy (non-hydrogen) atoms. The highest BCUT2D eigenvalue weighted by Crippen LogP contribution is 2.25. The minimum Gasteiger partial charge on any atom is -0.478 e. The first-order chi connectivity index (χ1) is 10.6. The van der Waals surface area contributed by atoms with Crippen LogP contribution in [0, 0.1) is 6.92 Å². The Morgan fingerprint density at radius 1 is 1.39 bits per heavy atom. The highest BCUT2D eigenvalue weighted by atomic mass is 16.6. The molecule has 2 N–H and O–H groups in total. The van der Waals surface area contributed by atoms with Crippen LogP contribution in [-0.4, -0.2) is 29.2 Å². The molecule has 0 aliphatic rings. The van der Waals surface area contributed by atoms with E-state index in [0.717, 1.165) is 0 Å². The second kappa shape index (κ2) is 7.62. The fourth-order valence-corrected chi connectivity index (χ4v) is 1.89. The molecule has 0 aliphatic carbocycles. The van der Waals surface area contributed by atoms with Gasteiger partial charge in [0, 0.05) is 17.1 Å². The normalized spacial score (nSPS) is 10.8. The van der Waals surface area contributed by atoms with Crippen LogP contribution in [0.2, 0.25) is 0 Å². The smallest absolute Gasteiger partial charge is 0.335 e. The summed E-state index contributed by atoms with van der Waals surface area (Å²) < 4.78 is 5.17. The number of azide groups is 1. The minimum atomic E-state index is -1.12. The number of aromatic carboxylic acids is 1. The number of ether oxygens (including phenoxy) is 1. The summed E-state index contributed by atoms with van der Waals surface area (Å²) in [6.07, 6.45) is 0. The monoisotopic (exact) mass is 320 g/mol. The molecule has 0 heterocycles. The molecular weight excluding hydrogens is 300 g/mol. The molecule has 0 aliphatic heterocycles. The molecule has 1 aromatic carbocycles. The van der Waals surface area contributed by atoms with Gasteiger partial charge in [-0.1, -0.05) is 5.11 Å². The third-order valence-corrected chi connectivity index (χ3v) is 2.89. The van der Waals surface area contributed by atoms with Crippen LogP contribution in [-0.2, 0) is 16.1 Å². The molecular formula is C15H20N4O4. The summed E-state index contributed by atoms with van der Waals surface area (Å²) in [6.45, 7) is 7.29. The van der Waals surface area contributed by atoms with Gasteiger partial charge in [0.05, 0.1) is 12.1 Å². The van der Waals surface area contributed by atoms with Gasteiger partial charge in [-0.15, -0.1) is 0 Å². The number of rotatable bonds is 6. The Hall–Kier alpha value is -2.57. The van der Waals surface area contributed by atoms with E-state index in [0.29, 0.717) is 11.1 Å². The number of nitrogens with one attached hydrogen (secondary N) is 1. The van der Waals surface area contributed by atoms with E-state index in [1.807, 2.05) is 0 Å². The number of hydrogen-bond donors (Lipinski definition) is 2. The lowest BCUT2D eigenvalue weighted by molar-refractivity contribution is -0.153. The zero-order chi connectivity index (χ0) is 17.6. The van der Waals surface area contributed by atoms with Gasteiger partial charge in [-0.05, 0) is 56.5 Å². The maximum Gasteiger partial charge on any atom is 0.335 e. The molecule has 0 amide bonds. The summed E-state index contributed by atoms with van der Waals surface area (Å²) in [5.74, 6) is -1.52. The van der Waals surface area contributed by atoms with E-state index in [9.17, 15) is 9.59 Å². The van der Waals surface area contributed by atoms with E-state index in [2.05, 4.69) is 15.3 Å². The zero-order valence-electron chi connectivity index (χ0n) is 13.6. The molecule has 0 radical (unpaired) electrons. The summed E-state index contributed by atoms with van der Waals surface area (Å²) >= 11 is 0. The predicted octanol–water partition coefficient (Wildman–Crippen LogP) is 3.07. The Morgan fingerprint density at radius 2 is 2.04 bits per heavy atom. The first kappa shape index (κ1) is 18.5. The summed E-state index contributed by atoms with van der Waals surface area (Å²) in [7, 11) is 0. The zero-order valence-corrected chi connectivity index (χ0v) is 13.6. The maximum atomic E-state index is 11.6. The van der Waals surface area contributed by atoms with Crippen LogP contribution in [0.5, 0.6) is 0 Å². The second-order valence-corrected chi connectivity index (χ2v) is 5.96. The van der Waals surface area contributed by atoms with Gasteiger partial charge in [-0.2, -0.15) is 0 Å². The lowest BCUT2D eigenvalue weighted by Crippen LogP contribution is -2.31. The van der Waals surface area contributed by atoms with Gasteiger partial charge >= 0.3 is 11.9 Å². The van der Waals surface area contributed by atoms with Gasteiger partial charge < -0.3 is 15.2 Å². The molecule has 0 saturated heterocycles. The van der Waals surface area contributed by atoms with Crippen LogP contribution in [0.1, 0.15) is 42.3 Å². The Kier molecular flexibility index (Phi) is 6.12. The molecule has 0 saturated carbocycles. The maximum absolute atomic E-state index is 11.6. The second-order valence-electron chi connectivity index (χ2n) is 5.96. The molecule has 1 rings (SSSR count). The van der Waals surface area contributed by atoms with E-state index in [4.69, 9.17) is 15.4 Å². The van der Waals surface area contributed by atoms with Gasteiger partial charge in [0.2, 0.25) is 0 Å². The van der Waals surface area contributed by atoms with Crippen LogP contribution in [0.25, 0.3) is 10.4 Å². The van der Waals surface area contributed by atoms with Crippen molar-refractivity contribution in [2.75, 3.05) is 6.54 Å². The van der Waals surface area contributed by atoms with E-state index >= 15 is 0 Å². The number of carboxylic acid groups (broad SMARTS) is 1. The van der Waals surface area contributed by atoms with Crippen molar-refractivity contribution in [1.29, 1.82) is 0 Å². The van der Waals surface area contributed by atoms with Crippen LogP contribution in [0.3, 0.4) is 0 Å². The van der Waals surface area contributed by atoms with E-state index in [1.54, 1.807) is 27.7 Å². The molecule has 0 spiro atoms. The highest BCUT2D eigenvalue weighted by Gasteiger charge is 2.16. The van der Waals surface area contributed by atoms with Crippen molar-refractivity contribution in [1.82, 2.24) is 5.32 Å². The van der Waals surface area contributed by atoms with E-state index in [-0.39, 0.29) is 24.3 Å². The fourth-order valence-electron chi connectivity index (χ4n) is 1.89. The number of esters is 1.